The lowest BCUT2D eigenvalue weighted by atomic mass is 10.0. The fraction of sp³-hybridized carbons (Fsp3) is 0.0556. The summed E-state index contributed by atoms with van der Waals surface area (Å²) in [6, 6.07) is 19.8. The van der Waals surface area contributed by atoms with Crippen molar-refractivity contribution in [3.63, 3.8) is 0 Å². The van der Waals surface area contributed by atoms with Gasteiger partial charge in [-0.3, -0.25) is 0 Å². The molecule has 0 amide bonds. The predicted molar refractivity (Wildman–Crippen MR) is 91.3 cm³/mol. The fourth-order valence-corrected chi connectivity index (χ4v) is 2.46. The van der Waals surface area contributed by atoms with Gasteiger partial charge in [-0.2, -0.15) is 0 Å². The first-order valence-electron chi connectivity index (χ1n) is 7.21. The number of halogens is 1. The molecule has 3 rings (SSSR count). The molecule has 0 saturated heterocycles. The zero-order valence-electron chi connectivity index (χ0n) is 12.5. The smallest absolute Gasteiger partial charge is 0.406 e. The lowest BCUT2D eigenvalue weighted by Crippen LogP contribution is -2.11. The van der Waals surface area contributed by atoms with Crippen molar-refractivity contribution in [2.24, 2.45) is 0 Å². The van der Waals surface area contributed by atoms with E-state index in [1.54, 1.807) is 18.2 Å². The van der Waals surface area contributed by atoms with Crippen molar-refractivity contribution < 1.29 is 9.66 Å². The number of pyridine rings is 1. The number of hydrogen-bond acceptors (Lipinski definition) is 4. The molecule has 120 valence electrons. The second-order valence-corrected chi connectivity index (χ2v) is 5.48. The van der Waals surface area contributed by atoms with Crippen LogP contribution in [0.5, 0.6) is 5.75 Å². The average molecular weight is 341 g/mol. The van der Waals surface area contributed by atoms with E-state index in [0.29, 0.717) is 5.02 Å². The molecule has 0 saturated carbocycles. The minimum atomic E-state index is -0.556. The molecule has 1 heterocycles. The molecule has 0 N–H and O–H groups in total. The zero-order chi connectivity index (χ0) is 16.9. The van der Waals surface area contributed by atoms with E-state index in [9.17, 15) is 10.1 Å². The van der Waals surface area contributed by atoms with Crippen LogP contribution in [0, 0.1) is 10.1 Å². The number of hydrogen-bond donors (Lipinski definition) is 0. The molecule has 1 aromatic heterocycles. The van der Waals surface area contributed by atoms with Gasteiger partial charge in [0.15, 0.2) is 0 Å². The van der Waals surface area contributed by atoms with E-state index in [4.69, 9.17) is 16.3 Å². The van der Waals surface area contributed by atoms with Crippen LogP contribution in [0.1, 0.15) is 17.2 Å². The van der Waals surface area contributed by atoms with Crippen molar-refractivity contribution in [3.8, 4) is 5.75 Å². The van der Waals surface area contributed by atoms with E-state index in [1.165, 1.54) is 12.3 Å². The first kappa shape index (κ1) is 16.0. The van der Waals surface area contributed by atoms with Gasteiger partial charge in [-0.25, -0.2) is 0 Å². The topological polar surface area (TPSA) is 65.3 Å². The van der Waals surface area contributed by atoms with Gasteiger partial charge in [0, 0.05) is 5.02 Å². The van der Waals surface area contributed by atoms with Crippen LogP contribution in [-0.4, -0.2) is 9.91 Å². The highest BCUT2D eigenvalue weighted by Crippen LogP contribution is 2.33. The van der Waals surface area contributed by atoms with Gasteiger partial charge in [0.1, 0.15) is 12.3 Å². The second-order valence-electron chi connectivity index (χ2n) is 5.04. The van der Waals surface area contributed by atoms with Crippen molar-refractivity contribution in [1.82, 2.24) is 4.98 Å². The van der Waals surface area contributed by atoms with E-state index < -0.39 is 11.0 Å². The maximum absolute atomic E-state index is 11.2. The molecule has 0 aliphatic carbocycles. The zero-order valence-corrected chi connectivity index (χ0v) is 13.3. The first-order valence-corrected chi connectivity index (χ1v) is 7.59. The van der Waals surface area contributed by atoms with Crippen molar-refractivity contribution in [2.45, 2.75) is 6.10 Å². The minimum Gasteiger partial charge on any atom is -0.473 e. The summed E-state index contributed by atoms with van der Waals surface area (Å²) in [7, 11) is 0. The maximum Gasteiger partial charge on any atom is 0.406 e. The Balaban J connectivity index is 2.03. The summed E-state index contributed by atoms with van der Waals surface area (Å²) >= 11 is 5.95. The average Bonchev–Trinajstić information content (AvgIpc) is 2.61. The highest BCUT2D eigenvalue weighted by Gasteiger charge is 2.22. The van der Waals surface area contributed by atoms with Gasteiger partial charge < -0.3 is 14.9 Å². The Hall–Kier alpha value is -2.92. The van der Waals surface area contributed by atoms with Crippen molar-refractivity contribution in [3.05, 3.63) is 99.2 Å². The Labute approximate surface area is 143 Å². The summed E-state index contributed by atoms with van der Waals surface area (Å²) in [6.45, 7) is 0. The molecule has 0 spiro atoms. The Morgan fingerprint density at radius 1 is 0.958 bits per heavy atom. The maximum atomic E-state index is 11.2. The van der Waals surface area contributed by atoms with Crippen LogP contribution >= 0.6 is 11.6 Å². The molecule has 6 heteroatoms. The van der Waals surface area contributed by atoms with Crippen LogP contribution in [0.3, 0.4) is 0 Å². The summed E-state index contributed by atoms with van der Waals surface area (Å²) < 4.78 is 5.97. The molecule has 0 aliphatic rings. The van der Waals surface area contributed by atoms with Gasteiger partial charge in [0.25, 0.3) is 0 Å². The molecule has 1 atom stereocenters. The van der Waals surface area contributed by atoms with Gasteiger partial charge in [-0.15, -0.1) is 0 Å². The molecule has 24 heavy (non-hydrogen) atoms. The van der Waals surface area contributed by atoms with Crippen LogP contribution in [0.15, 0.2) is 72.9 Å². The van der Waals surface area contributed by atoms with Crippen LogP contribution in [-0.2, 0) is 0 Å². The van der Waals surface area contributed by atoms with Crippen molar-refractivity contribution >= 4 is 17.4 Å². The quantitative estimate of drug-likeness (QED) is 0.493. The van der Waals surface area contributed by atoms with E-state index in [2.05, 4.69) is 4.98 Å². The summed E-state index contributed by atoms with van der Waals surface area (Å²) in [5.41, 5.74) is 1.71. The number of aromatic nitrogens is 1. The number of nitro groups is 1. The SMILES string of the molecule is O=[N+]([O-])c1ncccc1OC(c1ccccc1)c1ccc(Cl)cc1. The molecular formula is C18H13ClN2O3. The third kappa shape index (κ3) is 3.52. The number of ether oxygens (including phenoxy) is 1. The normalized spacial score (nSPS) is 11.7. The number of nitrogens with zero attached hydrogens (tertiary/aromatic N) is 2. The molecule has 0 radical (unpaired) electrons. The highest BCUT2D eigenvalue weighted by atomic mass is 35.5. The van der Waals surface area contributed by atoms with E-state index in [1.807, 2.05) is 42.5 Å². The summed E-state index contributed by atoms with van der Waals surface area (Å²) in [6.07, 6.45) is 0.858. The third-order valence-corrected chi connectivity index (χ3v) is 3.70. The van der Waals surface area contributed by atoms with Crippen molar-refractivity contribution in [2.75, 3.05) is 0 Å². The lowest BCUT2D eigenvalue weighted by Gasteiger charge is -2.19. The van der Waals surface area contributed by atoms with Gasteiger partial charge in [-0.1, -0.05) is 54.1 Å². The van der Waals surface area contributed by atoms with Crippen LogP contribution in [0.2, 0.25) is 5.02 Å². The van der Waals surface area contributed by atoms with E-state index in [-0.39, 0.29) is 11.6 Å². The fourth-order valence-electron chi connectivity index (χ4n) is 2.33. The molecule has 0 bridgehead atoms. The Morgan fingerprint density at radius 2 is 1.62 bits per heavy atom. The van der Waals surface area contributed by atoms with Crippen LogP contribution in [0.25, 0.3) is 0 Å². The molecule has 3 aromatic rings. The monoisotopic (exact) mass is 340 g/mol. The third-order valence-electron chi connectivity index (χ3n) is 3.44. The predicted octanol–water partition coefficient (Wildman–Crippen LogP) is 4.81. The molecular weight excluding hydrogens is 328 g/mol. The standard InChI is InChI=1S/C18H13ClN2O3/c19-15-10-8-14(9-11-15)17(13-5-2-1-3-6-13)24-16-7-4-12-20-18(16)21(22)23/h1-12,17H. The lowest BCUT2D eigenvalue weighted by molar-refractivity contribution is -0.390. The highest BCUT2D eigenvalue weighted by molar-refractivity contribution is 6.30. The largest absolute Gasteiger partial charge is 0.473 e. The van der Waals surface area contributed by atoms with E-state index in [0.717, 1.165) is 11.1 Å². The Bertz CT molecular complexity index is 838. The molecule has 1 unspecified atom stereocenters. The Morgan fingerprint density at radius 3 is 2.29 bits per heavy atom. The van der Waals surface area contributed by atoms with E-state index >= 15 is 0 Å². The van der Waals surface area contributed by atoms with Gasteiger partial charge in [0.2, 0.25) is 5.75 Å². The van der Waals surface area contributed by atoms with Gasteiger partial charge >= 0.3 is 5.82 Å². The van der Waals surface area contributed by atoms with Crippen molar-refractivity contribution in [1.29, 1.82) is 0 Å². The number of benzene rings is 2. The second kappa shape index (κ2) is 7.10. The molecule has 5 nitrogen and oxygen atoms in total. The molecule has 0 fully saturated rings. The van der Waals surface area contributed by atoms with Crippen LogP contribution < -0.4 is 4.74 Å². The Kier molecular flexibility index (Phi) is 4.72. The first-order chi connectivity index (χ1) is 11.6. The van der Waals surface area contributed by atoms with Gasteiger partial charge in [-0.05, 0) is 45.3 Å². The van der Waals surface area contributed by atoms with Gasteiger partial charge in [0.05, 0.1) is 0 Å². The summed E-state index contributed by atoms with van der Waals surface area (Å²) in [5, 5.41) is 11.8. The molecule has 0 aliphatic heterocycles. The minimum absolute atomic E-state index is 0.117. The number of rotatable bonds is 5. The summed E-state index contributed by atoms with van der Waals surface area (Å²) in [4.78, 5) is 14.4. The molecule has 2 aromatic carbocycles. The van der Waals surface area contributed by atoms with Crippen LogP contribution in [0.4, 0.5) is 5.82 Å². The summed E-state index contributed by atoms with van der Waals surface area (Å²) in [5.74, 6) is -0.196.